The van der Waals surface area contributed by atoms with E-state index in [9.17, 15) is 13.2 Å². The number of nitrogens with zero attached hydrogens (tertiary/aromatic N) is 2. The Balaban J connectivity index is 2.35. The van der Waals surface area contributed by atoms with Gasteiger partial charge < -0.3 is 5.32 Å². The van der Waals surface area contributed by atoms with Gasteiger partial charge in [0.1, 0.15) is 18.1 Å². The number of alkyl halides is 3. The van der Waals surface area contributed by atoms with Gasteiger partial charge in [-0.1, -0.05) is 0 Å². The molecule has 1 heterocycles. The summed E-state index contributed by atoms with van der Waals surface area (Å²) in [7, 11) is 0. The Morgan fingerprint density at radius 2 is 1.89 bits per heavy atom. The zero-order chi connectivity index (χ0) is 13.2. The molecule has 0 unspecified atom stereocenters. The molecular formula is C12H16F3N3. The van der Waals surface area contributed by atoms with E-state index in [1.54, 1.807) is 0 Å². The van der Waals surface area contributed by atoms with Crippen LogP contribution in [-0.2, 0) is 19.3 Å². The highest BCUT2D eigenvalue weighted by Crippen LogP contribution is 2.27. The molecule has 0 atom stereocenters. The minimum Gasteiger partial charge on any atom is -0.370 e. The van der Waals surface area contributed by atoms with Crippen molar-refractivity contribution in [2.45, 2.75) is 45.2 Å². The van der Waals surface area contributed by atoms with Crippen molar-refractivity contribution in [3.05, 3.63) is 17.1 Å². The quantitative estimate of drug-likeness (QED) is 0.907. The van der Waals surface area contributed by atoms with Crippen LogP contribution in [0.2, 0.25) is 0 Å². The largest absolute Gasteiger partial charge is 0.396 e. The number of halogens is 3. The normalized spacial score (nSPS) is 15.3. The van der Waals surface area contributed by atoms with Crippen LogP contribution in [0.4, 0.5) is 19.0 Å². The summed E-state index contributed by atoms with van der Waals surface area (Å²) in [6.07, 6.45) is -1.68. The van der Waals surface area contributed by atoms with Crippen molar-refractivity contribution in [3.63, 3.8) is 0 Å². The first kappa shape index (κ1) is 13.1. The van der Waals surface area contributed by atoms with Crippen LogP contribution in [-0.4, -0.2) is 22.7 Å². The molecule has 100 valence electrons. The molecule has 3 nitrogen and oxygen atoms in total. The van der Waals surface area contributed by atoms with Gasteiger partial charge in [-0.15, -0.1) is 0 Å². The van der Waals surface area contributed by atoms with Gasteiger partial charge in [-0.2, -0.15) is 13.2 Å². The third-order valence-electron chi connectivity index (χ3n) is 2.93. The summed E-state index contributed by atoms with van der Waals surface area (Å²) in [6.45, 7) is 2.55. The first-order valence-electron chi connectivity index (χ1n) is 6.19. The van der Waals surface area contributed by atoms with Crippen LogP contribution >= 0.6 is 0 Å². The van der Waals surface area contributed by atoms with Crippen molar-refractivity contribution in [2.75, 3.05) is 11.9 Å². The third kappa shape index (κ3) is 3.11. The Kier molecular flexibility index (Phi) is 3.73. The summed E-state index contributed by atoms with van der Waals surface area (Å²) in [6, 6.07) is 0. The molecule has 1 aliphatic rings. The van der Waals surface area contributed by atoms with Gasteiger partial charge in [0.15, 0.2) is 0 Å². The van der Waals surface area contributed by atoms with Crippen LogP contribution in [0.1, 0.15) is 36.8 Å². The molecule has 0 saturated heterocycles. The van der Waals surface area contributed by atoms with Crippen molar-refractivity contribution >= 4 is 5.82 Å². The molecule has 0 aromatic carbocycles. The fraction of sp³-hybridized carbons (Fsp3) is 0.667. The molecule has 1 N–H and O–H groups in total. The minimum absolute atomic E-state index is 0.126. The lowest BCUT2D eigenvalue weighted by atomic mass is 9.96. The van der Waals surface area contributed by atoms with Crippen LogP contribution in [0.15, 0.2) is 0 Å². The second-order valence-electron chi connectivity index (χ2n) is 4.44. The lowest BCUT2D eigenvalue weighted by Gasteiger charge is -2.19. The molecule has 18 heavy (non-hydrogen) atoms. The third-order valence-corrected chi connectivity index (χ3v) is 2.93. The lowest BCUT2D eigenvalue weighted by Crippen LogP contribution is -2.19. The van der Waals surface area contributed by atoms with Gasteiger partial charge in [0.25, 0.3) is 0 Å². The van der Waals surface area contributed by atoms with E-state index in [0.29, 0.717) is 12.4 Å². The summed E-state index contributed by atoms with van der Waals surface area (Å²) in [5, 5.41) is 3.04. The van der Waals surface area contributed by atoms with Crippen LogP contribution in [0, 0.1) is 0 Å². The SMILES string of the molecule is CCNc1nc(CC(F)(F)F)nc2c1CCCC2. The average Bonchev–Trinajstić information content (AvgIpc) is 2.27. The molecule has 1 aromatic heterocycles. The molecule has 0 saturated carbocycles. The van der Waals surface area contributed by atoms with Crippen molar-refractivity contribution in [3.8, 4) is 0 Å². The van der Waals surface area contributed by atoms with Crippen LogP contribution in [0.5, 0.6) is 0 Å². The molecule has 0 bridgehead atoms. The van der Waals surface area contributed by atoms with Gasteiger partial charge in [0.05, 0.1) is 0 Å². The van der Waals surface area contributed by atoms with E-state index in [4.69, 9.17) is 0 Å². The molecule has 1 aliphatic carbocycles. The van der Waals surface area contributed by atoms with Gasteiger partial charge in [-0.05, 0) is 32.6 Å². The Morgan fingerprint density at radius 1 is 1.17 bits per heavy atom. The summed E-state index contributed by atoms with van der Waals surface area (Å²) < 4.78 is 37.2. The van der Waals surface area contributed by atoms with E-state index in [0.717, 1.165) is 36.9 Å². The molecule has 1 aromatic rings. The van der Waals surface area contributed by atoms with E-state index < -0.39 is 12.6 Å². The number of hydrogen-bond donors (Lipinski definition) is 1. The summed E-state index contributed by atoms with van der Waals surface area (Å²) >= 11 is 0. The van der Waals surface area contributed by atoms with E-state index in [2.05, 4.69) is 15.3 Å². The van der Waals surface area contributed by atoms with Gasteiger partial charge in [0, 0.05) is 17.8 Å². The predicted molar refractivity (Wildman–Crippen MR) is 62.6 cm³/mol. The maximum atomic E-state index is 12.4. The standard InChI is InChI=1S/C12H16F3N3/c1-2-16-11-8-5-3-4-6-9(8)17-10(18-11)7-12(13,14)15/h2-7H2,1H3,(H,16,17,18). The Hall–Kier alpha value is -1.33. The fourth-order valence-electron chi connectivity index (χ4n) is 2.22. The minimum atomic E-state index is -4.26. The zero-order valence-corrected chi connectivity index (χ0v) is 10.3. The van der Waals surface area contributed by atoms with E-state index in [1.165, 1.54) is 0 Å². The number of nitrogens with one attached hydrogen (secondary N) is 1. The van der Waals surface area contributed by atoms with Crippen molar-refractivity contribution < 1.29 is 13.2 Å². The van der Waals surface area contributed by atoms with Crippen LogP contribution in [0.25, 0.3) is 0 Å². The van der Waals surface area contributed by atoms with E-state index >= 15 is 0 Å². The maximum absolute atomic E-state index is 12.4. The smallest absolute Gasteiger partial charge is 0.370 e. The summed E-state index contributed by atoms with van der Waals surface area (Å²) in [5.74, 6) is 0.459. The van der Waals surface area contributed by atoms with Crippen molar-refractivity contribution in [1.29, 1.82) is 0 Å². The molecule has 0 radical (unpaired) electrons. The monoisotopic (exact) mass is 259 g/mol. The number of rotatable bonds is 3. The first-order chi connectivity index (χ1) is 8.49. The van der Waals surface area contributed by atoms with Crippen molar-refractivity contribution in [2.24, 2.45) is 0 Å². The highest BCUT2D eigenvalue weighted by molar-refractivity contribution is 5.47. The predicted octanol–water partition coefficient (Wildman–Crippen LogP) is 2.89. The molecule has 6 heteroatoms. The fourth-order valence-corrected chi connectivity index (χ4v) is 2.22. The van der Waals surface area contributed by atoms with Gasteiger partial charge >= 0.3 is 6.18 Å². The van der Waals surface area contributed by atoms with Crippen molar-refractivity contribution in [1.82, 2.24) is 9.97 Å². The highest BCUT2D eigenvalue weighted by Gasteiger charge is 2.30. The molecule has 2 rings (SSSR count). The van der Waals surface area contributed by atoms with E-state index in [1.807, 2.05) is 6.92 Å². The second-order valence-corrected chi connectivity index (χ2v) is 4.44. The first-order valence-corrected chi connectivity index (χ1v) is 6.19. The maximum Gasteiger partial charge on any atom is 0.396 e. The van der Waals surface area contributed by atoms with Crippen LogP contribution < -0.4 is 5.32 Å². The van der Waals surface area contributed by atoms with Gasteiger partial charge in [0.2, 0.25) is 0 Å². The second kappa shape index (κ2) is 5.12. The lowest BCUT2D eigenvalue weighted by molar-refractivity contribution is -0.128. The molecule has 0 aliphatic heterocycles. The number of fused-ring (bicyclic) bond motifs is 1. The van der Waals surface area contributed by atoms with E-state index in [-0.39, 0.29) is 5.82 Å². The van der Waals surface area contributed by atoms with Gasteiger partial charge in [-0.3, -0.25) is 0 Å². The molecule has 0 spiro atoms. The number of aryl methyl sites for hydroxylation is 1. The summed E-state index contributed by atoms with van der Waals surface area (Å²) in [5.41, 5.74) is 1.78. The Bertz CT molecular complexity index is 429. The molecule has 0 amide bonds. The van der Waals surface area contributed by atoms with Gasteiger partial charge in [-0.25, -0.2) is 9.97 Å². The Labute approximate surface area is 104 Å². The molecule has 0 fully saturated rings. The Morgan fingerprint density at radius 3 is 2.56 bits per heavy atom. The van der Waals surface area contributed by atoms with Crippen LogP contribution in [0.3, 0.4) is 0 Å². The number of anilines is 1. The zero-order valence-electron chi connectivity index (χ0n) is 10.3. The number of aromatic nitrogens is 2. The highest BCUT2D eigenvalue weighted by atomic mass is 19.4. The molecular weight excluding hydrogens is 243 g/mol. The average molecular weight is 259 g/mol. The summed E-state index contributed by atoms with van der Waals surface area (Å²) in [4.78, 5) is 8.09. The number of hydrogen-bond acceptors (Lipinski definition) is 3. The topological polar surface area (TPSA) is 37.8 Å².